The fourth-order valence-corrected chi connectivity index (χ4v) is 3.00. The molecule has 0 aromatic heterocycles. The van der Waals surface area contributed by atoms with Crippen molar-refractivity contribution in [1.29, 1.82) is 0 Å². The molecule has 0 unspecified atom stereocenters. The lowest BCUT2D eigenvalue weighted by Gasteiger charge is -2.39. The standard InChI is InChI=1S/C18H21N/c1-18(2,3)19-16-10-6-4-8-14(16)12-13-15-9-5-7-11-17(15)19/h4-11H,12-13H2,1-3H3. The molecule has 1 nitrogen and oxygen atoms in total. The Morgan fingerprint density at radius 1 is 0.737 bits per heavy atom. The number of nitrogens with zero attached hydrogens (tertiary/aromatic N) is 1. The second-order valence-corrected chi connectivity index (χ2v) is 6.26. The molecule has 0 amide bonds. The van der Waals surface area contributed by atoms with Crippen LogP contribution in [0, 0.1) is 0 Å². The van der Waals surface area contributed by atoms with E-state index in [4.69, 9.17) is 0 Å². The van der Waals surface area contributed by atoms with Gasteiger partial charge in [0, 0.05) is 16.9 Å². The number of hydrogen-bond donors (Lipinski definition) is 0. The van der Waals surface area contributed by atoms with Crippen LogP contribution >= 0.6 is 0 Å². The monoisotopic (exact) mass is 251 g/mol. The summed E-state index contributed by atoms with van der Waals surface area (Å²) in [6.45, 7) is 6.85. The zero-order valence-electron chi connectivity index (χ0n) is 12.0. The van der Waals surface area contributed by atoms with Gasteiger partial charge >= 0.3 is 0 Å². The van der Waals surface area contributed by atoms with E-state index in [0.29, 0.717) is 0 Å². The molecule has 0 aliphatic carbocycles. The lowest BCUT2D eigenvalue weighted by Crippen LogP contribution is -2.38. The van der Waals surface area contributed by atoms with Crippen LogP contribution in [0.25, 0.3) is 0 Å². The Labute approximate surface area is 115 Å². The minimum Gasteiger partial charge on any atom is -0.336 e. The normalized spacial score (nSPS) is 14.6. The van der Waals surface area contributed by atoms with Gasteiger partial charge < -0.3 is 4.90 Å². The van der Waals surface area contributed by atoms with Crippen LogP contribution in [0.1, 0.15) is 31.9 Å². The molecule has 19 heavy (non-hydrogen) atoms. The molecule has 3 rings (SSSR count). The fraction of sp³-hybridized carbons (Fsp3) is 0.333. The van der Waals surface area contributed by atoms with Crippen LogP contribution in [0.5, 0.6) is 0 Å². The minimum absolute atomic E-state index is 0.0799. The summed E-state index contributed by atoms with van der Waals surface area (Å²) in [6.07, 6.45) is 2.25. The van der Waals surface area contributed by atoms with Crippen LogP contribution in [0.2, 0.25) is 0 Å². The van der Waals surface area contributed by atoms with Crippen molar-refractivity contribution in [3.63, 3.8) is 0 Å². The number of para-hydroxylation sites is 2. The molecule has 0 spiro atoms. The molecule has 2 aromatic rings. The van der Waals surface area contributed by atoms with Crippen LogP contribution in [-0.2, 0) is 12.8 Å². The Morgan fingerprint density at radius 3 is 1.58 bits per heavy atom. The zero-order chi connectivity index (χ0) is 13.5. The molecule has 1 aliphatic rings. The smallest absolute Gasteiger partial charge is 0.0448 e. The van der Waals surface area contributed by atoms with Crippen LogP contribution in [0.4, 0.5) is 11.4 Å². The molecule has 0 radical (unpaired) electrons. The van der Waals surface area contributed by atoms with E-state index in [-0.39, 0.29) is 5.54 Å². The lowest BCUT2D eigenvalue weighted by atomic mass is 10.0. The van der Waals surface area contributed by atoms with Crippen LogP contribution < -0.4 is 4.90 Å². The van der Waals surface area contributed by atoms with Crippen LogP contribution in [0.15, 0.2) is 48.5 Å². The first-order valence-electron chi connectivity index (χ1n) is 7.03. The Kier molecular flexibility index (Phi) is 2.85. The summed E-state index contributed by atoms with van der Waals surface area (Å²) in [5.41, 5.74) is 5.71. The van der Waals surface area contributed by atoms with Crippen molar-refractivity contribution in [1.82, 2.24) is 0 Å². The van der Waals surface area contributed by atoms with Crippen molar-refractivity contribution in [2.75, 3.05) is 4.90 Å². The maximum Gasteiger partial charge on any atom is 0.0448 e. The van der Waals surface area contributed by atoms with Gasteiger partial charge in [-0.25, -0.2) is 0 Å². The molecule has 98 valence electrons. The first kappa shape index (κ1) is 12.3. The molecule has 0 saturated carbocycles. The highest BCUT2D eigenvalue weighted by molar-refractivity contribution is 5.72. The van der Waals surface area contributed by atoms with Gasteiger partial charge in [0.05, 0.1) is 0 Å². The molecule has 2 aromatic carbocycles. The van der Waals surface area contributed by atoms with Gasteiger partial charge in [0.2, 0.25) is 0 Å². The number of aryl methyl sites for hydroxylation is 2. The van der Waals surface area contributed by atoms with Crippen LogP contribution in [0.3, 0.4) is 0 Å². The van der Waals surface area contributed by atoms with Crippen molar-refractivity contribution in [2.24, 2.45) is 0 Å². The van der Waals surface area contributed by atoms with E-state index < -0.39 is 0 Å². The van der Waals surface area contributed by atoms with E-state index in [9.17, 15) is 0 Å². The molecule has 0 N–H and O–H groups in total. The fourth-order valence-electron chi connectivity index (χ4n) is 3.00. The summed E-state index contributed by atoms with van der Waals surface area (Å²) in [5.74, 6) is 0. The molecule has 1 aliphatic heterocycles. The third-order valence-corrected chi connectivity index (χ3v) is 3.80. The summed E-state index contributed by atoms with van der Waals surface area (Å²) in [6, 6.07) is 17.6. The SMILES string of the molecule is CC(C)(C)N1c2ccccc2CCc2ccccc21. The Morgan fingerprint density at radius 2 is 1.16 bits per heavy atom. The maximum absolute atomic E-state index is 2.49. The predicted octanol–water partition coefficient (Wildman–Crippen LogP) is 4.72. The minimum atomic E-state index is 0.0799. The average molecular weight is 251 g/mol. The molecule has 1 heterocycles. The molecule has 0 atom stereocenters. The molecular weight excluding hydrogens is 230 g/mol. The van der Waals surface area contributed by atoms with E-state index in [0.717, 1.165) is 12.8 Å². The number of fused-ring (bicyclic) bond motifs is 2. The highest BCUT2D eigenvalue weighted by Gasteiger charge is 2.28. The Bertz CT molecular complexity index is 545. The van der Waals surface area contributed by atoms with Gasteiger partial charge in [-0.05, 0) is 56.9 Å². The molecule has 1 heteroatoms. The quantitative estimate of drug-likeness (QED) is 0.654. The Balaban J connectivity index is 2.25. The zero-order valence-corrected chi connectivity index (χ0v) is 12.0. The van der Waals surface area contributed by atoms with Gasteiger partial charge in [-0.15, -0.1) is 0 Å². The topological polar surface area (TPSA) is 3.24 Å². The van der Waals surface area contributed by atoms with Gasteiger partial charge in [-0.3, -0.25) is 0 Å². The first-order chi connectivity index (χ1) is 9.07. The van der Waals surface area contributed by atoms with E-state index in [1.165, 1.54) is 22.5 Å². The summed E-state index contributed by atoms with van der Waals surface area (Å²) in [4.78, 5) is 2.49. The van der Waals surface area contributed by atoms with Gasteiger partial charge in [0.1, 0.15) is 0 Å². The summed E-state index contributed by atoms with van der Waals surface area (Å²) >= 11 is 0. The highest BCUT2D eigenvalue weighted by Crippen LogP contribution is 2.40. The second-order valence-electron chi connectivity index (χ2n) is 6.26. The van der Waals surface area contributed by atoms with E-state index in [1.54, 1.807) is 0 Å². The van der Waals surface area contributed by atoms with Crippen molar-refractivity contribution < 1.29 is 0 Å². The largest absolute Gasteiger partial charge is 0.336 e. The van der Waals surface area contributed by atoms with E-state index in [1.807, 2.05) is 0 Å². The van der Waals surface area contributed by atoms with Crippen molar-refractivity contribution >= 4 is 11.4 Å². The first-order valence-corrected chi connectivity index (χ1v) is 7.03. The van der Waals surface area contributed by atoms with Gasteiger partial charge in [0.25, 0.3) is 0 Å². The molecule has 0 fully saturated rings. The van der Waals surface area contributed by atoms with Gasteiger partial charge in [-0.2, -0.15) is 0 Å². The van der Waals surface area contributed by atoms with E-state index >= 15 is 0 Å². The molecule has 0 saturated heterocycles. The third-order valence-electron chi connectivity index (χ3n) is 3.80. The van der Waals surface area contributed by atoms with Crippen molar-refractivity contribution in [3.05, 3.63) is 59.7 Å². The summed E-state index contributed by atoms with van der Waals surface area (Å²) < 4.78 is 0. The second kappa shape index (κ2) is 4.41. The summed E-state index contributed by atoms with van der Waals surface area (Å²) in [7, 11) is 0. The lowest BCUT2D eigenvalue weighted by molar-refractivity contribution is 0.559. The van der Waals surface area contributed by atoms with Crippen molar-refractivity contribution in [2.45, 2.75) is 39.2 Å². The molecule has 0 bridgehead atoms. The number of anilines is 2. The third kappa shape index (κ3) is 2.14. The Hall–Kier alpha value is -1.76. The predicted molar refractivity (Wildman–Crippen MR) is 82.2 cm³/mol. The number of benzene rings is 2. The van der Waals surface area contributed by atoms with Gasteiger partial charge in [0.15, 0.2) is 0 Å². The van der Waals surface area contributed by atoms with Crippen molar-refractivity contribution in [3.8, 4) is 0 Å². The highest BCUT2D eigenvalue weighted by atomic mass is 15.2. The molecular formula is C18H21N. The average Bonchev–Trinajstić information content (AvgIpc) is 2.54. The summed E-state index contributed by atoms with van der Waals surface area (Å²) in [5, 5.41) is 0. The van der Waals surface area contributed by atoms with E-state index in [2.05, 4.69) is 74.2 Å². The number of hydrogen-bond acceptors (Lipinski definition) is 1. The number of rotatable bonds is 0. The maximum atomic E-state index is 2.49. The van der Waals surface area contributed by atoms with Crippen LogP contribution in [-0.4, -0.2) is 5.54 Å². The van der Waals surface area contributed by atoms with Gasteiger partial charge in [-0.1, -0.05) is 36.4 Å².